The minimum absolute atomic E-state index is 0.365. The minimum Gasteiger partial charge on any atom is -0.490 e. The van der Waals surface area contributed by atoms with Gasteiger partial charge in [0.2, 0.25) is 0 Å². The zero-order valence-corrected chi connectivity index (χ0v) is 17.4. The van der Waals surface area contributed by atoms with Crippen molar-refractivity contribution < 1.29 is 28.8 Å². The van der Waals surface area contributed by atoms with E-state index in [2.05, 4.69) is 4.90 Å². The Kier molecular flexibility index (Phi) is 5.50. The number of hydrogen-bond donors (Lipinski definition) is 2. The molecule has 7 heteroatoms. The number of rotatable bonds is 3. The fraction of sp³-hybridized carbons (Fsp3) is 0.500. The van der Waals surface area contributed by atoms with Crippen molar-refractivity contribution >= 4 is 0 Å². The molecular formula is C24H28FNO5. The smallest absolute Gasteiger partial charge is 0.161 e. The van der Waals surface area contributed by atoms with Crippen LogP contribution in [0.15, 0.2) is 36.4 Å². The molecule has 0 radical (unpaired) electrons. The third kappa shape index (κ3) is 4.22. The first-order valence-corrected chi connectivity index (χ1v) is 11.0. The fourth-order valence-electron chi connectivity index (χ4n) is 4.80. The summed E-state index contributed by atoms with van der Waals surface area (Å²) in [7, 11) is 0. The Hall–Kier alpha value is -2.35. The Balaban J connectivity index is 1.21. The van der Waals surface area contributed by atoms with Crippen LogP contribution < -0.4 is 14.2 Å². The van der Waals surface area contributed by atoms with E-state index in [1.54, 1.807) is 6.07 Å². The molecule has 0 saturated carbocycles. The molecule has 1 fully saturated rings. The van der Waals surface area contributed by atoms with Crippen molar-refractivity contribution in [2.24, 2.45) is 0 Å². The molecule has 2 N–H and O–H groups in total. The number of ether oxygens (including phenoxy) is 3. The van der Waals surface area contributed by atoms with Crippen LogP contribution in [-0.4, -0.2) is 53.6 Å². The maximum atomic E-state index is 13.5. The van der Waals surface area contributed by atoms with E-state index in [0.717, 1.165) is 43.7 Å². The van der Waals surface area contributed by atoms with Crippen LogP contribution in [0, 0.1) is 5.82 Å². The number of aliphatic hydroxyl groups excluding tert-OH is 2. The minimum atomic E-state index is -0.724. The van der Waals surface area contributed by atoms with E-state index in [9.17, 15) is 14.6 Å². The first kappa shape index (κ1) is 20.5. The van der Waals surface area contributed by atoms with Gasteiger partial charge in [0, 0.05) is 38.0 Å². The Morgan fingerprint density at radius 3 is 2.58 bits per heavy atom. The van der Waals surface area contributed by atoms with E-state index in [1.165, 1.54) is 12.1 Å². The summed E-state index contributed by atoms with van der Waals surface area (Å²) in [5, 5.41) is 21.4. The highest BCUT2D eigenvalue weighted by atomic mass is 19.1. The lowest BCUT2D eigenvalue weighted by Gasteiger charge is -2.46. The Morgan fingerprint density at radius 2 is 1.77 bits per heavy atom. The molecule has 31 heavy (non-hydrogen) atoms. The van der Waals surface area contributed by atoms with Crippen LogP contribution in [0.1, 0.15) is 49.0 Å². The van der Waals surface area contributed by atoms with E-state index in [-0.39, 0.29) is 5.82 Å². The van der Waals surface area contributed by atoms with Crippen LogP contribution in [0.25, 0.3) is 0 Å². The second-order valence-corrected chi connectivity index (χ2v) is 8.76. The van der Waals surface area contributed by atoms with Crippen molar-refractivity contribution in [3.8, 4) is 17.2 Å². The average Bonchev–Trinajstić information content (AvgIpc) is 3.01. The van der Waals surface area contributed by atoms with Gasteiger partial charge in [-0.05, 0) is 48.7 Å². The van der Waals surface area contributed by atoms with E-state index < -0.39 is 17.8 Å². The highest BCUT2D eigenvalue weighted by Crippen LogP contribution is 2.44. The van der Waals surface area contributed by atoms with Gasteiger partial charge in [-0.1, -0.05) is 6.07 Å². The lowest BCUT2D eigenvalue weighted by Crippen LogP contribution is -2.51. The zero-order chi connectivity index (χ0) is 21.4. The van der Waals surface area contributed by atoms with Crippen LogP contribution in [0.2, 0.25) is 0 Å². The molecule has 166 valence electrons. The van der Waals surface area contributed by atoms with E-state index in [4.69, 9.17) is 14.2 Å². The van der Waals surface area contributed by atoms with Crippen molar-refractivity contribution in [1.82, 2.24) is 4.90 Å². The predicted octanol–water partition coefficient (Wildman–Crippen LogP) is 3.37. The van der Waals surface area contributed by atoms with Crippen LogP contribution >= 0.6 is 0 Å². The van der Waals surface area contributed by atoms with Gasteiger partial charge in [-0.2, -0.15) is 0 Å². The summed E-state index contributed by atoms with van der Waals surface area (Å²) < 4.78 is 31.2. The molecule has 0 amide bonds. The molecule has 0 aromatic heterocycles. The summed E-state index contributed by atoms with van der Waals surface area (Å²) in [4.78, 5) is 2.22. The molecule has 2 aromatic carbocycles. The second-order valence-electron chi connectivity index (χ2n) is 8.76. The molecule has 2 atom stereocenters. The van der Waals surface area contributed by atoms with Crippen molar-refractivity contribution in [3.63, 3.8) is 0 Å². The van der Waals surface area contributed by atoms with Crippen molar-refractivity contribution in [2.45, 2.75) is 43.5 Å². The summed E-state index contributed by atoms with van der Waals surface area (Å²) in [5.74, 6) is 1.62. The predicted molar refractivity (Wildman–Crippen MR) is 112 cm³/mol. The maximum absolute atomic E-state index is 13.5. The van der Waals surface area contributed by atoms with Crippen LogP contribution in [-0.2, 0) is 0 Å². The quantitative estimate of drug-likeness (QED) is 0.780. The van der Waals surface area contributed by atoms with Crippen molar-refractivity contribution in [2.75, 3.05) is 32.8 Å². The molecule has 0 bridgehead atoms. The van der Waals surface area contributed by atoms with Gasteiger partial charge in [0.1, 0.15) is 17.2 Å². The van der Waals surface area contributed by atoms with Gasteiger partial charge >= 0.3 is 0 Å². The molecule has 3 aliphatic rings. The molecule has 2 unspecified atom stereocenters. The molecule has 0 aliphatic carbocycles. The lowest BCUT2D eigenvalue weighted by atomic mass is 9.81. The fourth-order valence-corrected chi connectivity index (χ4v) is 4.80. The maximum Gasteiger partial charge on any atom is 0.161 e. The average molecular weight is 429 g/mol. The third-order valence-corrected chi connectivity index (χ3v) is 6.58. The zero-order valence-electron chi connectivity index (χ0n) is 17.4. The Bertz CT molecular complexity index is 944. The standard InChI is InChI=1S/C24H28FNO5/c25-17-3-5-21-18(13-17)19(27)14-24(31-21)6-8-26(9-7-24)15-20(28)16-2-4-22-23(12-16)30-11-1-10-29-22/h2-5,12-13,19-20,27-28H,1,6-11,14-15H2. The lowest BCUT2D eigenvalue weighted by molar-refractivity contribution is -0.0589. The summed E-state index contributed by atoms with van der Waals surface area (Å²) in [6, 6.07) is 9.95. The number of likely N-dealkylation sites (tertiary alicyclic amines) is 1. The topological polar surface area (TPSA) is 71.4 Å². The Morgan fingerprint density at radius 1 is 1.03 bits per heavy atom. The third-order valence-electron chi connectivity index (χ3n) is 6.58. The van der Waals surface area contributed by atoms with Crippen LogP contribution in [0.5, 0.6) is 17.2 Å². The SMILES string of the molecule is OC(CN1CCC2(CC1)CC(O)c1cc(F)ccc1O2)c1ccc2c(c1)OCCCO2. The van der Waals surface area contributed by atoms with Gasteiger partial charge in [-0.15, -0.1) is 0 Å². The number of benzene rings is 2. The largest absolute Gasteiger partial charge is 0.490 e. The first-order valence-electron chi connectivity index (χ1n) is 11.0. The number of aliphatic hydroxyl groups is 2. The highest BCUT2D eigenvalue weighted by molar-refractivity contribution is 5.44. The summed E-state index contributed by atoms with van der Waals surface area (Å²) in [6.45, 7) is 3.28. The number of piperidine rings is 1. The number of fused-ring (bicyclic) bond motifs is 2. The second kappa shape index (κ2) is 8.30. The molecule has 1 saturated heterocycles. The van der Waals surface area contributed by atoms with Gasteiger partial charge < -0.3 is 29.3 Å². The number of nitrogens with zero attached hydrogens (tertiary/aromatic N) is 1. The number of β-amino-alcohol motifs (C(OH)–C–C–N with tert-alkyl or cyclic N) is 1. The van der Waals surface area contributed by atoms with Gasteiger partial charge in [-0.25, -0.2) is 4.39 Å². The molecule has 5 rings (SSSR count). The molecule has 3 aliphatic heterocycles. The van der Waals surface area contributed by atoms with Crippen LogP contribution in [0.3, 0.4) is 0 Å². The first-order chi connectivity index (χ1) is 15.0. The van der Waals surface area contributed by atoms with Crippen LogP contribution in [0.4, 0.5) is 4.39 Å². The van der Waals surface area contributed by atoms with E-state index in [1.807, 2.05) is 18.2 Å². The van der Waals surface area contributed by atoms with E-state index in [0.29, 0.717) is 43.2 Å². The van der Waals surface area contributed by atoms with Gasteiger partial charge in [-0.3, -0.25) is 0 Å². The number of hydrogen-bond acceptors (Lipinski definition) is 6. The van der Waals surface area contributed by atoms with Crippen molar-refractivity contribution in [1.29, 1.82) is 0 Å². The summed E-state index contributed by atoms with van der Waals surface area (Å²) >= 11 is 0. The normalized spacial score (nSPS) is 23.5. The van der Waals surface area contributed by atoms with Gasteiger partial charge in [0.15, 0.2) is 11.5 Å². The molecule has 2 aromatic rings. The number of halogens is 1. The monoisotopic (exact) mass is 429 g/mol. The van der Waals surface area contributed by atoms with E-state index >= 15 is 0 Å². The molecule has 6 nitrogen and oxygen atoms in total. The van der Waals surface area contributed by atoms with Gasteiger partial charge in [0.05, 0.1) is 25.4 Å². The molecule has 3 heterocycles. The van der Waals surface area contributed by atoms with Crippen molar-refractivity contribution in [3.05, 3.63) is 53.3 Å². The molecule has 1 spiro atoms. The molecular weight excluding hydrogens is 401 g/mol. The summed E-state index contributed by atoms with van der Waals surface area (Å²) in [5.41, 5.74) is 0.892. The van der Waals surface area contributed by atoms with Gasteiger partial charge in [0.25, 0.3) is 0 Å². The Labute approximate surface area is 181 Å². The summed E-state index contributed by atoms with van der Waals surface area (Å²) in [6.07, 6.45) is 1.44. The highest BCUT2D eigenvalue weighted by Gasteiger charge is 2.43.